The standard InChI is InChI=1S/C16H20N4O2S/c1-2-13(17)15(21)19-20-16(22)18-10-11-5-7-12(8-6-11)14-4-3-9-23-14/h3-9,13H,2,10,17H2,1H3,(H,19,21)(H2,18,20,22). The highest BCUT2D eigenvalue weighted by atomic mass is 32.1. The van der Waals surface area contributed by atoms with Crippen molar-refractivity contribution in [2.45, 2.75) is 25.9 Å². The lowest BCUT2D eigenvalue weighted by atomic mass is 10.1. The molecule has 1 aromatic heterocycles. The van der Waals surface area contributed by atoms with Gasteiger partial charge in [0.2, 0.25) is 0 Å². The molecule has 0 aliphatic rings. The molecule has 1 heterocycles. The summed E-state index contributed by atoms with van der Waals surface area (Å²) in [5.41, 5.74) is 12.2. The molecule has 5 N–H and O–H groups in total. The monoisotopic (exact) mass is 332 g/mol. The zero-order chi connectivity index (χ0) is 16.7. The number of nitrogens with two attached hydrogens (primary N) is 1. The summed E-state index contributed by atoms with van der Waals surface area (Å²) >= 11 is 1.68. The Bertz CT molecular complexity index is 641. The van der Waals surface area contributed by atoms with Crippen LogP contribution in [0.25, 0.3) is 10.4 Å². The third-order valence-electron chi connectivity index (χ3n) is 3.29. The van der Waals surface area contributed by atoms with Crippen molar-refractivity contribution in [1.82, 2.24) is 16.2 Å². The summed E-state index contributed by atoms with van der Waals surface area (Å²) in [6.07, 6.45) is 0.506. The second-order valence-electron chi connectivity index (χ2n) is 4.99. The fourth-order valence-electron chi connectivity index (χ4n) is 1.85. The number of nitrogens with one attached hydrogen (secondary N) is 3. The highest BCUT2D eigenvalue weighted by molar-refractivity contribution is 7.13. The molecule has 1 aromatic carbocycles. The van der Waals surface area contributed by atoms with Crippen molar-refractivity contribution >= 4 is 23.3 Å². The molecule has 0 aliphatic heterocycles. The molecule has 0 aliphatic carbocycles. The van der Waals surface area contributed by atoms with Gasteiger partial charge in [-0.2, -0.15) is 0 Å². The van der Waals surface area contributed by atoms with E-state index in [1.54, 1.807) is 18.3 Å². The lowest BCUT2D eigenvalue weighted by molar-refractivity contribution is -0.123. The van der Waals surface area contributed by atoms with E-state index in [1.807, 2.05) is 35.7 Å². The molecule has 122 valence electrons. The molecule has 0 bridgehead atoms. The number of thiophene rings is 1. The number of hydrogen-bond acceptors (Lipinski definition) is 4. The predicted molar refractivity (Wildman–Crippen MR) is 91.5 cm³/mol. The summed E-state index contributed by atoms with van der Waals surface area (Å²) in [5.74, 6) is -0.414. The van der Waals surface area contributed by atoms with Gasteiger partial charge in [0.15, 0.2) is 0 Å². The van der Waals surface area contributed by atoms with E-state index in [4.69, 9.17) is 5.73 Å². The Morgan fingerprint density at radius 1 is 1.17 bits per heavy atom. The van der Waals surface area contributed by atoms with Crippen LogP contribution in [0.3, 0.4) is 0 Å². The van der Waals surface area contributed by atoms with Crippen molar-refractivity contribution < 1.29 is 9.59 Å². The lowest BCUT2D eigenvalue weighted by Crippen LogP contribution is -2.51. The van der Waals surface area contributed by atoms with E-state index in [2.05, 4.69) is 22.2 Å². The van der Waals surface area contributed by atoms with Crippen molar-refractivity contribution in [2.24, 2.45) is 5.73 Å². The summed E-state index contributed by atoms with van der Waals surface area (Å²) in [6, 6.07) is 10.9. The van der Waals surface area contributed by atoms with Crippen LogP contribution in [-0.4, -0.2) is 18.0 Å². The molecule has 6 nitrogen and oxygen atoms in total. The van der Waals surface area contributed by atoms with Crippen LogP contribution < -0.4 is 21.9 Å². The topological polar surface area (TPSA) is 96.2 Å². The quantitative estimate of drug-likeness (QED) is 0.630. The van der Waals surface area contributed by atoms with Gasteiger partial charge in [0, 0.05) is 11.4 Å². The van der Waals surface area contributed by atoms with E-state index in [0.29, 0.717) is 13.0 Å². The summed E-state index contributed by atoms with van der Waals surface area (Å²) < 4.78 is 0. The first kappa shape index (κ1) is 17.0. The normalized spacial score (nSPS) is 11.6. The maximum Gasteiger partial charge on any atom is 0.333 e. The van der Waals surface area contributed by atoms with Crippen molar-refractivity contribution in [2.75, 3.05) is 0 Å². The van der Waals surface area contributed by atoms with Gasteiger partial charge in [-0.15, -0.1) is 11.3 Å². The Labute approximate surface area is 139 Å². The first-order valence-corrected chi connectivity index (χ1v) is 8.20. The molecule has 1 atom stereocenters. The van der Waals surface area contributed by atoms with Gasteiger partial charge >= 0.3 is 6.03 Å². The number of amides is 3. The summed E-state index contributed by atoms with van der Waals surface area (Å²) in [7, 11) is 0. The minimum Gasteiger partial charge on any atom is -0.333 e. The number of carbonyl (C=O) groups excluding carboxylic acids is 2. The minimum atomic E-state index is -0.625. The van der Waals surface area contributed by atoms with Gasteiger partial charge in [0.05, 0.1) is 6.04 Å². The molecule has 0 radical (unpaired) electrons. The second kappa shape index (κ2) is 8.30. The van der Waals surface area contributed by atoms with Gasteiger partial charge < -0.3 is 11.1 Å². The van der Waals surface area contributed by atoms with Crippen molar-refractivity contribution in [1.29, 1.82) is 0 Å². The van der Waals surface area contributed by atoms with Gasteiger partial charge in [-0.25, -0.2) is 10.2 Å². The van der Waals surface area contributed by atoms with Crippen molar-refractivity contribution in [3.05, 3.63) is 47.3 Å². The first-order valence-electron chi connectivity index (χ1n) is 7.32. The fourth-order valence-corrected chi connectivity index (χ4v) is 2.59. The van der Waals surface area contributed by atoms with Gasteiger partial charge in [-0.05, 0) is 29.0 Å². The third kappa shape index (κ3) is 5.08. The predicted octanol–water partition coefficient (Wildman–Crippen LogP) is 1.98. The van der Waals surface area contributed by atoms with Crippen LogP contribution in [0.5, 0.6) is 0 Å². The zero-order valence-electron chi connectivity index (χ0n) is 12.8. The lowest BCUT2D eigenvalue weighted by Gasteiger charge is -2.12. The maximum atomic E-state index is 11.6. The van der Waals surface area contributed by atoms with E-state index >= 15 is 0 Å². The summed E-state index contributed by atoms with van der Waals surface area (Å²) in [6.45, 7) is 2.16. The highest BCUT2D eigenvalue weighted by Gasteiger charge is 2.11. The van der Waals surface area contributed by atoms with E-state index in [9.17, 15) is 9.59 Å². The van der Waals surface area contributed by atoms with E-state index in [-0.39, 0.29) is 0 Å². The Morgan fingerprint density at radius 3 is 2.52 bits per heavy atom. The molecule has 0 spiro atoms. The smallest absolute Gasteiger partial charge is 0.333 e. The van der Waals surface area contributed by atoms with E-state index < -0.39 is 18.0 Å². The Kier molecular flexibility index (Phi) is 6.13. The zero-order valence-corrected chi connectivity index (χ0v) is 13.7. The Balaban J connectivity index is 1.77. The van der Waals surface area contributed by atoms with Gasteiger partial charge in [-0.3, -0.25) is 10.2 Å². The molecule has 0 fully saturated rings. The second-order valence-corrected chi connectivity index (χ2v) is 5.93. The highest BCUT2D eigenvalue weighted by Crippen LogP contribution is 2.24. The fraction of sp³-hybridized carbons (Fsp3) is 0.250. The molecule has 3 amide bonds. The number of benzene rings is 1. The van der Waals surface area contributed by atoms with Crippen molar-refractivity contribution in [3.63, 3.8) is 0 Å². The molecule has 7 heteroatoms. The average Bonchev–Trinajstić information content (AvgIpc) is 3.12. The van der Waals surface area contributed by atoms with Crippen LogP contribution in [0.2, 0.25) is 0 Å². The van der Waals surface area contributed by atoms with Gasteiger partial charge in [0.25, 0.3) is 5.91 Å². The van der Waals surface area contributed by atoms with Crippen LogP contribution in [0.4, 0.5) is 4.79 Å². The molecular formula is C16H20N4O2S. The maximum absolute atomic E-state index is 11.6. The van der Waals surface area contributed by atoms with Gasteiger partial charge in [0.1, 0.15) is 0 Å². The Hall–Kier alpha value is -2.38. The van der Waals surface area contributed by atoms with Crippen LogP contribution in [0.1, 0.15) is 18.9 Å². The molecule has 23 heavy (non-hydrogen) atoms. The van der Waals surface area contributed by atoms with Crippen LogP contribution in [0, 0.1) is 0 Å². The number of hydrazine groups is 1. The third-order valence-corrected chi connectivity index (χ3v) is 4.21. The van der Waals surface area contributed by atoms with Crippen LogP contribution in [0.15, 0.2) is 41.8 Å². The molecule has 0 saturated heterocycles. The molecule has 0 saturated carbocycles. The largest absolute Gasteiger partial charge is 0.333 e. The molecule has 2 rings (SSSR count). The van der Waals surface area contributed by atoms with Crippen LogP contribution in [-0.2, 0) is 11.3 Å². The minimum absolute atomic E-state index is 0.367. The van der Waals surface area contributed by atoms with E-state index in [0.717, 1.165) is 11.1 Å². The average molecular weight is 332 g/mol. The van der Waals surface area contributed by atoms with Crippen molar-refractivity contribution in [3.8, 4) is 10.4 Å². The molecular weight excluding hydrogens is 312 g/mol. The van der Waals surface area contributed by atoms with E-state index in [1.165, 1.54) is 4.88 Å². The molecule has 1 unspecified atom stereocenters. The van der Waals surface area contributed by atoms with Gasteiger partial charge in [-0.1, -0.05) is 37.3 Å². The molecule has 2 aromatic rings. The number of rotatable bonds is 5. The first-order chi connectivity index (χ1) is 11.1. The number of hydrogen-bond donors (Lipinski definition) is 4. The SMILES string of the molecule is CCC(N)C(=O)NNC(=O)NCc1ccc(-c2cccs2)cc1. The number of urea groups is 1. The van der Waals surface area contributed by atoms with Crippen LogP contribution >= 0.6 is 11.3 Å². The summed E-state index contributed by atoms with van der Waals surface area (Å²) in [4.78, 5) is 24.2. The number of carbonyl (C=O) groups is 2. The summed E-state index contributed by atoms with van der Waals surface area (Å²) in [5, 5.41) is 4.70. The Morgan fingerprint density at radius 2 is 1.91 bits per heavy atom.